The Kier molecular flexibility index (Phi) is 4.44. The van der Waals surface area contributed by atoms with Crippen LogP contribution >= 0.6 is 11.8 Å². The van der Waals surface area contributed by atoms with E-state index in [1.54, 1.807) is 30.7 Å². The summed E-state index contributed by atoms with van der Waals surface area (Å²) in [5.74, 6) is 3.47. The van der Waals surface area contributed by atoms with Crippen LogP contribution in [0.4, 0.5) is 0 Å². The molecule has 0 unspecified atom stereocenters. The Morgan fingerprint density at radius 2 is 2.15 bits per heavy atom. The van der Waals surface area contributed by atoms with Crippen LogP contribution in [0.5, 0.6) is 0 Å². The molecule has 0 spiro atoms. The highest BCUT2D eigenvalue weighted by Crippen LogP contribution is 2.28. The summed E-state index contributed by atoms with van der Waals surface area (Å²) >= 11 is 1.46. The van der Waals surface area contributed by atoms with E-state index < -0.39 is 0 Å². The number of thioether (sulfide) groups is 1. The molecule has 0 aliphatic rings. The maximum atomic E-state index is 5.37. The molecular weight excluding hydrogens is 354 g/mol. The molecular formula is C17H15N5O3S. The van der Waals surface area contributed by atoms with Gasteiger partial charge in [-0.05, 0) is 25.1 Å². The minimum atomic E-state index is 0.424. The summed E-state index contributed by atoms with van der Waals surface area (Å²) in [5, 5.41) is 13.2. The number of nitrogens with zero attached hydrogens (tertiary/aromatic N) is 5. The Hall–Kier alpha value is -3.07. The highest BCUT2D eigenvalue weighted by Gasteiger charge is 2.18. The number of aryl methyl sites for hydroxylation is 1. The Morgan fingerprint density at radius 3 is 2.88 bits per heavy atom. The third kappa shape index (κ3) is 3.08. The van der Waals surface area contributed by atoms with Crippen molar-refractivity contribution in [2.75, 3.05) is 0 Å². The van der Waals surface area contributed by atoms with E-state index in [1.165, 1.54) is 11.8 Å². The van der Waals surface area contributed by atoms with Gasteiger partial charge < -0.3 is 13.4 Å². The van der Waals surface area contributed by atoms with Gasteiger partial charge in [-0.1, -0.05) is 23.0 Å². The topological polar surface area (TPSA) is 95.9 Å². The van der Waals surface area contributed by atoms with Crippen molar-refractivity contribution in [3.05, 3.63) is 55.0 Å². The van der Waals surface area contributed by atoms with Crippen LogP contribution in [-0.2, 0) is 12.3 Å². The van der Waals surface area contributed by atoms with Crippen molar-refractivity contribution in [1.29, 1.82) is 0 Å². The normalized spacial score (nSPS) is 11.1. The molecule has 0 aromatic carbocycles. The maximum absolute atomic E-state index is 5.37. The van der Waals surface area contributed by atoms with E-state index in [-0.39, 0.29) is 0 Å². The van der Waals surface area contributed by atoms with E-state index >= 15 is 0 Å². The predicted molar refractivity (Wildman–Crippen MR) is 94.2 cm³/mol. The quantitative estimate of drug-likeness (QED) is 0.357. The van der Waals surface area contributed by atoms with Crippen molar-refractivity contribution in [3.8, 4) is 23.0 Å². The van der Waals surface area contributed by atoms with Gasteiger partial charge in [0.2, 0.25) is 11.7 Å². The Balaban J connectivity index is 1.54. The molecule has 132 valence electrons. The number of allylic oxidation sites excluding steroid dienone is 1. The molecule has 4 heterocycles. The first-order chi connectivity index (χ1) is 12.8. The van der Waals surface area contributed by atoms with Crippen LogP contribution in [0.3, 0.4) is 0 Å². The van der Waals surface area contributed by atoms with Gasteiger partial charge in [0.25, 0.3) is 0 Å². The Bertz CT molecular complexity index is 1020. The SMILES string of the molecule is C=CCn1c(SCc2nc(-c3ccco3)no2)nnc1-c1ccoc1C. The van der Waals surface area contributed by atoms with E-state index in [1.807, 2.05) is 17.6 Å². The lowest BCUT2D eigenvalue weighted by molar-refractivity contribution is 0.390. The van der Waals surface area contributed by atoms with Crippen LogP contribution in [0, 0.1) is 6.92 Å². The molecule has 0 amide bonds. The Morgan fingerprint density at radius 1 is 1.23 bits per heavy atom. The predicted octanol–water partition coefficient (Wildman–Crippen LogP) is 3.97. The van der Waals surface area contributed by atoms with Gasteiger partial charge in [-0.2, -0.15) is 4.98 Å². The zero-order valence-corrected chi connectivity index (χ0v) is 14.8. The largest absolute Gasteiger partial charge is 0.469 e. The summed E-state index contributed by atoms with van der Waals surface area (Å²) in [6.07, 6.45) is 5.00. The van der Waals surface area contributed by atoms with Crippen LogP contribution in [0.2, 0.25) is 0 Å². The second-order valence-corrected chi connectivity index (χ2v) is 6.32. The fourth-order valence-electron chi connectivity index (χ4n) is 2.45. The first kappa shape index (κ1) is 16.4. The highest BCUT2D eigenvalue weighted by molar-refractivity contribution is 7.98. The third-order valence-electron chi connectivity index (χ3n) is 3.66. The molecule has 9 heteroatoms. The molecule has 4 aromatic heterocycles. The summed E-state index contributed by atoms with van der Waals surface area (Å²) in [6, 6.07) is 5.43. The maximum Gasteiger partial charge on any atom is 0.238 e. The molecule has 0 saturated carbocycles. The van der Waals surface area contributed by atoms with Crippen molar-refractivity contribution in [2.45, 2.75) is 24.4 Å². The highest BCUT2D eigenvalue weighted by atomic mass is 32.2. The van der Waals surface area contributed by atoms with Crippen molar-refractivity contribution >= 4 is 11.8 Å². The van der Waals surface area contributed by atoms with Crippen molar-refractivity contribution < 1.29 is 13.4 Å². The number of rotatable bonds is 7. The van der Waals surface area contributed by atoms with Crippen LogP contribution in [0.1, 0.15) is 11.7 Å². The smallest absolute Gasteiger partial charge is 0.238 e. The van der Waals surface area contributed by atoms with Crippen molar-refractivity contribution in [1.82, 2.24) is 24.9 Å². The van der Waals surface area contributed by atoms with E-state index in [0.29, 0.717) is 29.8 Å². The molecule has 4 aromatic rings. The van der Waals surface area contributed by atoms with Crippen LogP contribution in [0.25, 0.3) is 23.0 Å². The molecule has 0 fully saturated rings. The molecule has 0 aliphatic heterocycles. The lowest BCUT2D eigenvalue weighted by atomic mass is 10.2. The summed E-state index contributed by atoms with van der Waals surface area (Å²) in [5.41, 5.74) is 0.907. The fraction of sp³-hybridized carbons (Fsp3) is 0.176. The first-order valence-corrected chi connectivity index (χ1v) is 8.82. The minimum absolute atomic E-state index is 0.424. The van der Waals surface area contributed by atoms with Crippen molar-refractivity contribution in [2.24, 2.45) is 0 Å². The van der Waals surface area contributed by atoms with Crippen LogP contribution in [-0.4, -0.2) is 24.9 Å². The average Bonchev–Trinajstić information content (AvgIpc) is 3.41. The molecule has 0 atom stereocenters. The molecule has 26 heavy (non-hydrogen) atoms. The van der Waals surface area contributed by atoms with Gasteiger partial charge in [-0.15, -0.1) is 16.8 Å². The summed E-state index contributed by atoms with van der Waals surface area (Å²) < 4.78 is 17.9. The van der Waals surface area contributed by atoms with Gasteiger partial charge in [0.1, 0.15) is 5.76 Å². The zero-order chi connectivity index (χ0) is 17.9. The summed E-state index contributed by atoms with van der Waals surface area (Å²) in [7, 11) is 0. The van der Waals surface area contributed by atoms with Crippen LogP contribution < -0.4 is 0 Å². The van der Waals surface area contributed by atoms with E-state index in [9.17, 15) is 0 Å². The number of hydrogen-bond donors (Lipinski definition) is 0. The van der Waals surface area contributed by atoms with E-state index in [0.717, 1.165) is 22.3 Å². The monoisotopic (exact) mass is 369 g/mol. The molecule has 8 nitrogen and oxygen atoms in total. The first-order valence-electron chi connectivity index (χ1n) is 7.84. The van der Waals surface area contributed by atoms with Gasteiger partial charge in [0, 0.05) is 6.54 Å². The Labute approximate surface area is 152 Å². The minimum Gasteiger partial charge on any atom is -0.469 e. The molecule has 0 radical (unpaired) electrons. The summed E-state index contributed by atoms with van der Waals surface area (Å²) in [6.45, 7) is 6.28. The average molecular weight is 369 g/mol. The summed E-state index contributed by atoms with van der Waals surface area (Å²) in [4.78, 5) is 4.33. The standard InChI is InChI=1S/C17H15N5O3S/c1-3-7-22-16(12-6-9-23-11(12)2)19-20-17(22)26-10-14-18-15(21-25-14)13-5-4-8-24-13/h3-6,8-9H,1,7,10H2,2H3. The van der Waals surface area contributed by atoms with Gasteiger partial charge in [0.05, 0.1) is 23.8 Å². The van der Waals surface area contributed by atoms with Gasteiger partial charge in [0.15, 0.2) is 16.7 Å². The number of hydrogen-bond acceptors (Lipinski definition) is 8. The fourth-order valence-corrected chi connectivity index (χ4v) is 3.24. The van der Waals surface area contributed by atoms with Gasteiger partial charge in [-0.3, -0.25) is 4.57 Å². The molecule has 0 aliphatic carbocycles. The van der Waals surface area contributed by atoms with E-state index in [4.69, 9.17) is 13.4 Å². The van der Waals surface area contributed by atoms with Gasteiger partial charge >= 0.3 is 0 Å². The van der Waals surface area contributed by atoms with E-state index in [2.05, 4.69) is 26.9 Å². The molecule has 0 N–H and O–H groups in total. The van der Waals surface area contributed by atoms with Crippen molar-refractivity contribution in [3.63, 3.8) is 0 Å². The number of furan rings is 2. The van der Waals surface area contributed by atoms with Gasteiger partial charge in [-0.25, -0.2) is 0 Å². The molecule has 4 rings (SSSR count). The molecule has 0 bridgehead atoms. The second-order valence-electron chi connectivity index (χ2n) is 5.37. The molecule has 0 saturated heterocycles. The lowest BCUT2D eigenvalue weighted by Gasteiger charge is -2.06. The third-order valence-corrected chi connectivity index (χ3v) is 4.61. The van der Waals surface area contributed by atoms with Crippen LogP contribution in [0.15, 0.2) is 61.9 Å². The number of aromatic nitrogens is 5. The lowest BCUT2D eigenvalue weighted by Crippen LogP contribution is -2.00. The zero-order valence-electron chi connectivity index (χ0n) is 14.0. The second kappa shape index (κ2) is 7.04.